The van der Waals surface area contributed by atoms with Crippen LogP contribution in [0.5, 0.6) is 0 Å². The van der Waals surface area contributed by atoms with Crippen molar-refractivity contribution in [3.8, 4) is 22.3 Å². The first-order valence-electron chi connectivity index (χ1n) is 38.0. The summed E-state index contributed by atoms with van der Waals surface area (Å²) in [4.78, 5) is 35.1. The third-order valence-corrected chi connectivity index (χ3v) is 20.6. The molecule has 19 rings (SSSR count). The number of anilines is 16. The zero-order valence-electron chi connectivity index (χ0n) is 65.7. The van der Waals surface area contributed by atoms with Crippen molar-refractivity contribution in [1.29, 1.82) is 0 Å². The maximum absolute atomic E-state index is 5.72. The third-order valence-electron chi connectivity index (χ3n) is 19.6. The van der Waals surface area contributed by atoms with Gasteiger partial charge in [-0.3, -0.25) is 0 Å². The Morgan fingerprint density at radius 1 is 0.288 bits per heavy atom. The van der Waals surface area contributed by atoms with Gasteiger partial charge in [0.15, 0.2) is 0 Å². The molecule has 0 unspecified atom stereocenters. The number of nitrogens with zero attached hydrogens (tertiary/aromatic N) is 12. The van der Waals surface area contributed by atoms with E-state index >= 15 is 0 Å². The number of halogens is 2. The van der Waals surface area contributed by atoms with Gasteiger partial charge in [-0.1, -0.05) is 263 Å². The van der Waals surface area contributed by atoms with E-state index < -0.39 is 0 Å². The standard InChI is InChI=1S/C28H24N2.C26H22N4.C19H13BrN2.C17H11BrN4.C9H11B.2Ir.2H2O/c1-21(2)25-15-6-7-16-26(25)22-11-10-14-24(19-22)30-20-29(23-12-4-3-5-13-23)27-17-8-9-18-28(27)30;1-19(2)23-13-6-7-14-24(23)20-9-8-12-22(17-20)30-18-29(21-10-4-3-5-11-21)25-26(30)28-16-15-27-25;20-15-7-6-10-17(13-15)22-14-21(16-8-2-1-3-9-16)18-11-4-5-12-19(18)22;18-13-5-4-8-15(11-13)22-12-21(14-6-2-1-3-7-14)16-17(22)20-10-9-19-16;1-7(2)8-5-3-4-6-9(8)10;;;;/h3-13,15-21H,1-2H3;3-11,13-19H,1-2H3;1-9,11-14H;1-7,9-12H;3-7H,1-2H3;;;2*1H2/q4*-2;;;;;. The van der Waals surface area contributed by atoms with Gasteiger partial charge in [0.05, 0.1) is 0 Å². The predicted octanol–water partition coefficient (Wildman–Crippen LogP) is 24.2. The van der Waals surface area contributed by atoms with Crippen molar-refractivity contribution in [2.45, 2.75) is 59.3 Å². The molecule has 118 heavy (non-hydrogen) atoms. The average molecular weight is 2030 g/mol. The van der Waals surface area contributed by atoms with Gasteiger partial charge in [-0.2, -0.15) is 72.8 Å². The Kier molecular flexibility index (Phi) is 30.5. The summed E-state index contributed by atoms with van der Waals surface area (Å²) in [6.07, 6.45) is 6.86. The fourth-order valence-electron chi connectivity index (χ4n) is 14.1. The van der Waals surface area contributed by atoms with E-state index in [9.17, 15) is 0 Å². The van der Waals surface area contributed by atoms with E-state index in [-0.39, 0.29) is 51.2 Å². The molecule has 4 radical (unpaired) electrons. The number of aromatic nitrogens is 4. The van der Waals surface area contributed by atoms with Gasteiger partial charge in [-0.25, -0.2) is 19.9 Å². The van der Waals surface area contributed by atoms with Crippen LogP contribution in [0.25, 0.3) is 22.3 Å². The molecule has 0 saturated carbocycles. The van der Waals surface area contributed by atoms with Gasteiger partial charge in [0.1, 0.15) is 31.1 Å². The Morgan fingerprint density at radius 3 is 0.890 bits per heavy atom. The topological polar surface area (TPSA) is 140 Å². The van der Waals surface area contributed by atoms with Crippen molar-refractivity contribution in [3.05, 3.63) is 417 Å². The first-order chi connectivity index (χ1) is 55.8. The molecule has 0 atom stereocenters. The van der Waals surface area contributed by atoms with Crippen LogP contribution in [0.15, 0.2) is 349 Å². The summed E-state index contributed by atoms with van der Waals surface area (Å²) >= 11 is 7.03. The van der Waals surface area contributed by atoms with Crippen LogP contribution >= 0.6 is 31.9 Å². The summed E-state index contributed by atoms with van der Waals surface area (Å²) in [5, 5.41) is 0. The van der Waals surface area contributed by atoms with Crippen LogP contribution in [0, 0.1) is 50.9 Å². The smallest absolute Gasteiger partial charge is 0.145 e. The van der Waals surface area contributed by atoms with E-state index in [0.29, 0.717) is 17.8 Å². The van der Waals surface area contributed by atoms with Crippen LogP contribution in [-0.2, 0) is 40.2 Å². The van der Waals surface area contributed by atoms with Gasteiger partial charge in [0, 0.05) is 110 Å². The van der Waals surface area contributed by atoms with E-state index in [1.54, 1.807) is 24.8 Å². The number of benzene rings is 13. The van der Waals surface area contributed by atoms with E-state index in [1.807, 2.05) is 144 Å². The molecule has 2 aromatic heterocycles. The second-order valence-electron chi connectivity index (χ2n) is 28.1. The molecule has 4 aliphatic heterocycles. The van der Waals surface area contributed by atoms with Crippen molar-refractivity contribution < 1.29 is 51.2 Å². The first-order valence-corrected chi connectivity index (χ1v) is 39.6. The van der Waals surface area contributed by atoms with Crippen molar-refractivity contribution in [2.75, 3.05) is 39.2 Å². The van der Waals surface area contributed by atoms with Gasteiger partial charge in [0.25, 0.3) is 0 Å². The van der Waals surface area contributed by atoms with Crippen molar-refractivity contribution in [3.63, 3.8) is 0 Å². The van der Waals surface area contributed by atoms with Crippen LogP contribution < -0.4 is 44.7 Å². The van der Waals surface area contributed by atoms with Crippen LogP contribution in [0.2, 0.25) is 0 Å². The minimum atomic E-state index is 0. The molecule has 0 fully saturated rings. The predicted molar refractivity (Wildman–Crippen MR) is 486 cm³/mol. The third kappa shape index (κ3) is 19.9. The largest absolute Gasteiger partial charge is 0.493 e. The van der Waals surface area contributed by atoms with Gasteiger partial charge in [-0.05, 0) is 113 Å². The molecule has 596 valence electrons. The van der Waals surface area contributed by atoms with E-state index in [1.165, 1.54) is 50.3 Å². The van der Waals surface area contributed by atoms with Crippen LogP contribution in [-0.4, -0.2) is 38.7 Å². The van der Waals surface area contributed by atoms with Crippen molar-refractivity contribution >= 4 is 137 Å². The maximum Gasteiger partial charge on any atom is 0.145 e. The molecule has 0 aliphatic carbocycles. The quantitative estimate of drug-likeness (QED) is 0.0801. The summed E-state index contributed by atoms with van der Waals surface area (Å²) in [7, 11) is 5.72. The molecule has 14 nitrogen and oxygen atoms in total. The van der Waals surface area contributed by atoms with Crippen LogP contribution in [0.3, 0.4) is 0 Å². The minimum absolute atomic E-state index is 0. The van der Waals surface area contributed by atoms with E-state index in [2.05, 4.69) is 354 Å². The number of hydrogen-bond donors (Lipinski definition) is 0. The van der Waals surface area contributed by atoms with Crippen molar-refractivity contribution in [2.24, 2.45) is 0 Å². The normalized spacial score (nSPS) is 12.5. The Hall–Kier alpha value is -11.3. The Labute approximate surface area is 739 Å². The summed E-state index contributed by atoms with van der Waals surface area (Å²) in [6, 6.07) is 121. The number of para-hydroxylation sites is 8. The summed E-state index contributed by atoms with van der Waals surface area (Å²) < 4.78 is 2.04. The molecule has 4 aliphatic rings. The first kappa shape index (κ1) is 87.5. The van der Waals surface area contributed by atoms with Crippen LogP contribution in [0.1, 0.15) is 76.0 Å². The SMILES string of the molecule is Brc1cc[c-]c(N2[CH-]N(c3ccccc3)c3ccccc32)c1.Brc1cc[c-]c(N2[CH-]N(c3ccccc3)c3nccnc32)c1.CC(C)c1ccccc1-c1cc[c-]c(N2[CH-]N(c3ccccc3)c3ccccc32)c1.CC(C)c1ccccc1-c1cc[c-]c(N2[CH-]N(c3ccccc3)c3nccnc32)c1.O.O.[B]c1ccccc1C(C)C.[Ir].[Ir]. The molecule has 6 heterocycles. The van der Waals surface area contributed by atoms with Crippen LogP contribution in [0.4, 0.5) is 91.5 Å². The molecular weight excluding hydrogens is 1940 g/mol. The molecule has 0 spiro atoms. The van der Waals surface area contributed by atoms with Gasteiger partial charge >= 0.3 is 0 Å². The second-order valence-corrected chi connectivity index (χ2v) is 30.0. The zero-order chi connectivity index (χ0) is 78.4. The zero-order valence-corrected chi connectivity index (χ0v) is 73.7. The molecular formula is C99H85BBr2Ir2N12O2-8. The van der Waals surface area contributed by atoms with E-state index in [0.717, 1.165) is 94.6 Å². The molecule has 13 aromatic carbocycles. The molecule has 15 aromatic rings. The Bertz CT molecular complexity index is 5420. The summed E-state index contributed by atoms with van der Waals surface area (Å²) in [5.74, 6) is 4.66. The second kappa shape index (κ2) is 41.2. The summed E-state index contributed by atoms with van der Waals surface area (Å²) in [5.41, 5.74) is 22.7. The molecule has 0 amide bonds. The number of hydrogen-bond acceptors (Lipinski definition) is 12. The molecule has 0 bridgehead atoms. The Morgan fingerprint density at radius 2 is 0.551 bits per heavy atom. The molecule has 0 saturated heterocycles. The molecule has 19 heteroatoms. The fraction of sp³-hybridized carbons (Fsp3) is 0.0909. The molecule has 4 N–H and O–H groups in total. The Balaban J connectivity index is 0.000000148. The minimum Gasteiger partial charge on any atom is -0.493 e. The summed E-state index contributed by atoms with van der Waals surface area (Å²) in [6.45, 7) is 21.5. The van der Waals surface area contributed by atoms with Gasteiger partial charge < -0.3 is 50.2 Å². The van der Waals surface area contributed by atoms with Crippen molar-refractivity contribution in [1.82, 2.24) is 19.9 Å². The van der Waals surface area contributed by atoms with E-state index in [4.69, 9.17) is 7.85 Å². The maximum atomic E-state index is 5.72. The average Bonchev–Trinajstić information content (AvgIpc) is 1.63. The van der Waals surface area contributed by atoms with Gasteiger partial charge in [0.2, 0.25) is 0 Å². The fourth-order valence-corrected chi connectivity index (χ4v) is 14.8. The monoisotopic (exact) mass is 2030 g/mol. The number of fused-ring (bicyclic) bond motifs is 4. The van der Waals surface area contributed by atoms with Gasteiger partial charge in [-0.15, -0.1) is 84.8 Å². The number of rotatable bonds is 13.